The minimum atomic E-state index is -0.460. The van der Waals surface area contributed by atoms with E-state index in [9.17, 15) is 10.2 Å². The lowest BCUT2D eigenvalue weighted by Crippen LogP contribution is -2.14. The summed E-state index contributed by atoms with van der Waals surface area (Å²) in [5.74, 6) is 1.18. The number of anilines is 1. The summed E-state index contributed by atoms with van der Waals surface area (Å²) in [7, 11) is 0. The smallest absolute Gasteiger partial charge is 0.160 e. The van der Waals surface area contributed by atoms with Crippen LogP contribution in [0.1, 0.15) is 24.1 Å². The average Bonchev–Trinajstić information content (AvgIpc) is 2.75. The zero-order valence-electron chi connectivity index (χ0n) is 15.9. The number of phenolic OH excluding ortho intramolecular Hbond substituents is 2. The summed E-state index contributed by atoms with van der Waals surface area (Å²) in [5.41, 5.74) is 1.90. The molecular weight excluding hydrogens is 366 g/mol. The molecule has 2 aromatic carbocycles. The lowest BCUT2D eigenvalue weighted by Gasteiger charge is -2.22. The van der Waals surface area contributed by atoms with E-state index in [2.05, 4.69) is 15.3 Å². The van der Waals surface area contributed by atoms with E-state index in [1.54, 1.807) is 24.5 Å². The lowest BCUT2D eigenvalue weighted by atomic mass is 9.96. The van der Waals surface area contributed by atoms with Crippen LogP contribution in [-0.4, -0.2) is 26.8 Å². The van der Waals surface area contributed by atoms with Gasteiger partial charge in [-0.05, 0) is 42.8 Å². The molecule has 6 nitrogen and oxygen atoms in total. The van der Waals surface area contributed by atoms with E-state index >= 15 is 0 Å². The Bertz CT molecular complexity index is 1130. The summed E-state index contributed by atoms with van der Waals surface area (Å²) < 4.78 is 5.43. The molecule has 0 aliphatic rings. The van der Waals surface area contributed by atoms with Crippen molar-refractivity contribution in [3.63, 3.8) is 0 Å². The molecule has 0 aliphatic carbocycles. The number of rotatable bonds is 6. The van der Waals surface area contributed by atoms with Crippen molar-refractivity contribution in [1.29, 1.82) is 0 Å². The summed E-state index contributed by atoms with van der Waals surface area (Å²) in [4.78, 5) is 8.65. The Morgan fingerprint density at radius 1 is 0.966 bits per heavy atom. The van der Waals surface area contributed by atoms with Gasteiger partial charge in [-0.2, -0.15) is 0 Å². The van der Waals surface area contributed by atoms with Crippen molar-refractivity contribution < 1.29 is 14.9 Å². The molecule has 4 rings (SSSR count). The summed E-state index contributed by atoms with van der Waals surface area (Å²) in [6, 6.07) is 17.8. The predicted octanol–water partition coefficient (Wildman–Crippen LogP) is 4.64. The Hall–Kier alpha value is -3.80. The van der Waals surface area contributed by atoms with Gasteiger partial charge in [-0.3, -0.25) is 4.98 Å². The van der Waals surface area contributed by atoms with Crippen LogP contribution in [-0.2, 0) is 0 Å². The third kappa shape index (κ3) is 3.78. The van der Waals surface area contributed by atoms with Crippen LogP contribution < -0.4 is 10.1 Å². The Balaban J connectivity index is 1.83. The number of pyridine rings is 2. The van der Waals surface area contributed by atoms with Crippen LogP contribution >= 0.6 is 0 Å². The number of nitrogens with zero attached hydrogens (tertiary/aromatic N) is 2. The first-order chi connectivity index (χ1) is 14.2. The molecule has 3 N–H and O–H groups in total. The van der Waals surface area contributed by atoms with Crippen LogP contribution in [0.25, 0.3) is 10.9 Å². The van der Waals surface area contributed by atoms with E-state index in [1.807, 2.05) is 55.5 Å². The van der Waals surface area contributed by atoms with E-state index in [4.69, 9.17) is 4.74 Å². The first-order valence-corrected chi connectivity index (χ1v) is 9.37. The van der Waals surface area contributed by atoms with Gasteiger partial charge in [-0.1, -0.05) is 30.3 Å². The number of hydrogen-bond acceptors (Lipinski definition) is 6. The molecule has 0 aliphatic heterocycles. The highest BCUT2D eigenvalue weighted by molar-refractivity contribution is 5.86. The Morgan fingerprint density at radius 2 is 1.83 bits per heavy atom. The van der Waals surface area contributed by atoms with Crippen LogP contribution in [0.15, 0.2) is 73.1 Å². The van der Waals surface area contributed by atoms with Gasteiger partial charge in [0.1, 0.15) is 17.1 Å². The number of nitrogens with one attached hydrogen (secondary N) is 1. The fraction of sp³-hybridized carbons (Fsp3) is 0.130. The van der Waals surface area contributed by atoms with E-state index in [0.29, 0.717) is 29.3 Å². The third-order valence-electron chi connectivity index (χ3n) is 4.66. The molecule has 2 aromatic heterocycles. The highest BCUT2D eigenvalue weighted by Gasteiger charge is 2.21. The minimum absolute atomic E-state index is 0.0376. The maximum atomic E-state index is 11.0. The second-order valence-electron chi connectivity index (χ2n) is 6.53. The third-order valence-corrected chi connectivity index (χ3v) is 4.66. The molecule has 6 heteroatoms. The maximum absolute atomic E-state index is 11.0. The lowest BCUT2D eigenvalue weighted by molar-refractivity contribution is 0.318. The van der Waals surface area contributed by atoms with Crippen molar-refractivity contribution in [2.75, 3.05) is 11.9 Å². The number of aromatic nitrogens is 2. The van der Waals surface area contributed by atoms with Crippen LogP contribution in [0.5, 0.6) is 17.2 Å². The quantitative estimate of drug-likeness (QED) is 0.447. The fourth-order valence-corrected chi connectivity index (χ4v) is 3.31. The molecule has 0 bridgehead atoms. The number of aromatic hydroxyl groups is 2. The predicted molar refractivity (Wildman–Crippen MR) is 112 cm³/mol. The Kier molecular flexibility index (Phi) is 5.16. The highest BCUT2D eigenvalue weighted by Crippen LogP contribution is 2.38. The molecule has 29 heavy (non-hydrogen) atoms. The minimum Gasteiger partial charge on any atom is -0.505 e. The second kappa shape index (κ2) is 8.06. The van der Waals surface area contributed by atoms with Crippen molar-refractivity contribution in [2.24, 2.45) is 0 Å². The van der Waals surface area contributed by atoms with Gasteiger partial charge in [0.2, 0.25) is 0 Å². The van der Waals surface area contributed by atoms with Crippen molar-refractivity contribution >= 4 is 16.7 Å². The number of fused-ring (bicyclic) bond motifs is 1. The van der Waals surface area contributed by atoms with E-state index in [0.717, 1.165) is 10.9 Å². The Morgan fingerprint density at radius 3 is 2.59 bits per heavy atom. The molecule has 1 atom stereocenters. The summed E-state index contributed by atoms with van der Waals surface area (Å²) in [6.07, 6.45) is 3.34. The zero-order valence-corrected chi connectivity index (χ0v) is 15.9. The van der Waals surface area contributed by atoms with Gasteiger partial charge >= 0.3 is 0 Å². The van der Waals surface area contributed by atoms with Crippen LogP contribution in [0.4, 0.5) is 5.82 Å². The molecule has 1 unspecified atom stereocenters. The van der Waals surface area contributed by atoms with Crippen LogP contribution in [0, 0.1) is 0 Å². The molecule has 0 saturated heterocycles. The largest absolute Gasteiger partial charge is 0.505 e. The summed E-state index contributed by atoms with van der Waals surface area (Å²) in [5, 5.41) is 25.5. The van der Waals surface area contributed by atoms with Gasteiger partial charge in [0.05, 0.1) is 12.6 Å². The van der Waals surface area contributed by atoms with E-state index in [1.165, 1.54) is 0 Å². The monoisotopic (exact) mass is 387 g/mol. The normalized spacial score (nSPS) is 11.9. The van der Waals surface area contributed by atoms with Crippen molar-refractivity contribution in [3.05, 3.63) is 84.2 Å². The zero-order chi connectivity index (χ0) is 20.2. The molecule has 146 valence electrons. The first kappa shape index (κ1) is 18.6. The van der Waals surface area contributed by atoms with Gasteiger partial charge in [0.25, 0.3) is 0 Å². The van der Waals surface area contributed by atoms with Gasteiger partial charge in [0, 0.05) is 23.3 Å². The molecular formula is C23H21N3O3. The average molecular weight is 387 g/mol. The van der Waals surface area contributed by atoms with Crippen LogP contribution in [0.3, 0.4) is 0 Å². The number of ether oxygens (including phenoxy) is 1. The molecule has 0 saturated carbocycles. The molecule has 0 spiro atoms. The van der Waals surface area contributed by atoms with Gasteiger partial charge in [-0.25, -0.2) is 4.98 Å². The summed E-state index contributed by atoms with van der Waals surface area (Å²) >= 11 is 0. The van der Waals surface area contributed by atoms with Gasteiger partial charge < -0.3 is 20.3 Å². The second-order valence-corrected chi connectivity index (χ2v) is 6.53. The number of benzene rings is 2. The Labute approximate surface area is 168 Å². The fourth-order valence-electron chi connectivity index (χ4n) is 3.31. The van der Waals surface area contributed by atoms with Crippen molar-refractivity contribution in [1.82, 2.24) is 9.97 Å². The van der Waals surface area contributed by atoms with Gasteiger partial charge in [0.15, 0.2) is 11.5 Å². The highest BCUT2D eigenvalue weighted by atomic mass is 16.5. The molecule has 0 fully saturated rings. The molecule has 4 aromatic rings. The standard InChI is InChI=1S/C23H21N3O3/c1-2-29-19-11-9-16(14-18(19)27)21(26-20-7-3-4-12-24-20)17-10-8-15-6-5-13-25-22(15)23(17)28/h3-14,21,27-28H,2H2,1H3,(H,24,26). The molecule has 2 heterocycles. The topological polar surface area (TPSA) is 87.5 Å². The summed E-state index contributed by atoms with van der Waals surface area (Å²) in [6.45, 7) is 2.32. The SMILES string of the molecule is CCOc1ccc(C(Nc2ccccn2)c2ccc3cccnc3c2O)cc1O. The van der Waals surface area contributed by atoms with E-state index < -0.39 is 6.04 Å². The molecule has 0 radical (unpaired) electrons. The van der Waals surface area contributed by atoms with Gasteiger partial charge in [-0.15, -0.1) is 0 Å². The van der Waals surface area contributed by atoms with Crippen LogP contribution in [0.2, 0.25) is 0 Å². The maximum Gasteiger partial charge on any atom is 0.160 e. The van der Waals surface area contributed by atoms with Crippen molar-refractivity contribution in [2.45, 2.75) is 13.0 Å². The number of phenols is 2. The van der Waals surface area contributed by atoms with Crippen molar-refractivity contribution in [3.8, 4) is 17.2 Å². The molecule has 0 amide bonds. The van der Waals surface area contributed by atoms with E-state index in [-0.39, 0.29) is 11.5 Å². The number of hydrogen-bond donors (Lipinski definition) is 3. The first-order valence-electron chi connectivity index (χ1n) is 9.37.